The van der Waals surface area contributed by atoms with Crippen LogP contribution in [0.25, 0.3) is 11.1 Å². The van der Waals surface area contributed by atoms with Crippen molar-refractivity contribution in [1.82, 2.24) is 4.98 Å². The molecule has 0 unspecified atom stereocenters. The number of halogens is 2. The van der Waals surface area contributed by atoms with Crippen molar-refractivity contribution in [2.24, 2.45) is 0 Å². The number of methoxy groups -OCH3 is 2. The van der Waals surface area contributed by atoms with Gasteiger partial charge in [-0.05, 0) is 42.0 Å². The third-order valence-electron chi connectivity index (χ3n) is 3.83. The van der Waals surface area contributed by atoms with Gasteiger partial charge in [-0.25, -0.2) is 0 Å². The maximum absolute atomic E-state index is 12.4. The zero-order valence-electron chi connectivity index (χ0n) is 14.1. The highest BCUT2D eigenvalue weighted by molar-refractivity contribution is 6.41. The molecular weight excluding hydrogens is 375 g/mol. The van der Waals surface area contributed by atoms with E-state index in [2.05, 4.69) is 10.3 Å². The first kappa shape index (κ1) is 18.2. The Kier molecular flexibility index (Phi) is 5.40. The van der Waals surface area contributed by atoms with Gasteiger partial charge >= 0.3 is 0 Å². The van der Waals surface area contributed by atoms with Crippen LogP contribution in [0, 0.1) is 0 Å². The molecule has 0 aliphatic carbocycles. The molecule has 1 amide bonds. The van der Waals surface area contributed by atoms with Gasteiger partial charge < -0.3 is 19.8 Å². The van der Waals surface area contributed by atoms with Crippen LogP contribution in [0.4, 0.5) is 5.69 Å². The number of aromatic amines is 1. The number of hydrogen-bond acceptors (Lipinski definition) is 3. The summed E-state index contributed by atoms with van der Waals surface area (Å²) in [7, 11) is 3.22. The highest BCUT2D eigenvalue weighted by Gasteiger charge is 2.14. The van der Waals surface area contributed by atoms with Crippen molar-refractivity contribution in [2.45, 2.75) is 0 Å². The van der Waals surface area contributed by atoms with Crippen LogP contribution in [-0.4, -0.2) is 25.1 Å². The normalized spacial score (nSPS) is 10.5. The van der Waals surface area contributed by atoms with Gasteiger partial charge in [0.2, 0.25) is 0 Å². The molecule has 3 aromatic rings. The fraction of sp³-hybridized carbons (Fsp3) is 0.105. The second-order valence-electron chi connectivity index (χ2n) is 5.44. The Balaban J connectivity index is 1.90. The number of carbonyl (C=O) groups excluding carboxylic acids is 1. The van der Waals surface area contributed by atoms with Crippen LogP contribution >= 0.6 is 23.2 Å². The minimum Gasteiger partial charge on any atom is -0.497 e. The van der Waals surface area contributed by atoms with E-state index in [0.29, 0.717) is 16.5 Å². The molecule has 0 bridgehead atoms. The largest absolute Gasteiger partial charge is 0.497 e. The van der Waals surface area contributed by atoms with Crippen LogP contribution in [0.15, 0.2) is 48.5 Å². The van der Waals surface area contributed by atoms with Gasteiger partial charge in [0, 0.05) is 11.3 Å². The van der Waals surface area contributed by atoms with Crippen LogP contribution in [0.2, 0.25) is 10.2 Å². The van der Waals surface area contributed by atoms with Crippen molar-refractivity contribution in [2.75, 3.05) is 19.5 Å². The molecular formula is C19H16Cl2N2O3. The van der Waals surface area contributed by atoms with Crippen LogP contribution in [0.1, 0.15) is 10.5 Å². The molecule has 0 spiro atoms. The van der Waals surface area contributed by atoms with Gasteiger partial charge in [0.25, 0.3) is 5.91 Å². The Morgan fingerprint density at radius 1 is 1.00 bits per heavy atom. The molecule has 1 aromatic heterocycles. The number of amides is 1. The summed E-state index contributed by atoms with van der Waals surface area (Å²) in [6.45, 7) is 0. The number of nitrogens with one attached hydrogen (secondary N) is 2. The highest BCUT2D eigenvalue weighted by Crippen LogP contribution is 2.33. The Morgan fingerprint density at radius 2 is 1.73 bits per heavy atom. The van der Waals surface area contributed by atoms with E-state index >= 15 is 0 Å². The monoisotopic (exact) mass is 390 g/mol. The number of hydrogen-bond donors (Lipinski definition) is 2. The van der Waals surface area contributed by atoms with Crippen molar-refractivity contribution >= 4 is 34.8 Å². The number of carbonyl (C=O) groups is 1. The Labute approximate surface area is 160 Å². The van der Waals surface area contributed by atoms with Gasteiger partial charge in [-0.1, -0.05) is 35.3 Å². The quantitative estimate of drug-likeness (QED) is 0.624. The third kappa shape index (κ3) is 3.79. The molecule has 0 saturated heterocycles. The summed E-state index contributed by atoms with van der Waals surface area (Å²) in [5.74, 6) is 1.11. The Hall–Kier alpha value is -2.63. The SMILES string of the molecule is COc1ccc(-c2cc(NC(=O)c3cc(Cl)c(Cl)[nH]3)ccc2OC)cc1. The molecule has 7 heteroatoms. The van der Waals surface area contributed by atoms with E-state index in [1.165, 1.54) is 6.07 Å². The molecule has 0 saturated carbocycles. The molecule has 0 radical (unpaired) electrons. The summed E-state index contributed by atoms with van der Waals surface area (Å²) < 4.78 is 10.6. The first-order valence-electron chi connectivity index (χ1n) is 7.69. The van der Waals surface area contributed by atoms with Gasteiger partial charge in [0.05, 0.1) is 19.2 Å². The standard InChI is InChI=1S/C19H16Cl2N2O3/c1-25-13-6-3-11(4-7-13)14-9-12(5-8-17(14)26-2)22-19(24)16-10-15(20)18(21)23-16/h3-10,23H,1-2H3,(H,22,24). The maximum atomic E-state index is 12.4. The van der Waals surface area contributed by atoms with Crippen molar-refractivity contribution in [3.8, 4) is 22.6 Å². The summed E-state index contributed by atoms with van der Waals surface area (Å²) >= 11 is 11.7. The lowest BCUT2D eigenvalue weighted by atomic mass is 10.0. The Bertz CT molecular complexity index is 917. The smallest absolute Gasteiger partial charge is 0.272 e. The lowest BCUT2D eigenvalue weighted by Gasteiger charge is -2.12. The minimum atomic E-state index is -0.343. The Morgan fingerprint density at radius 3 is 2.31 bits per heavy atom. The first-order chi connectivity index (χ1) is 12.5. The predicted octanol–water partition coefficient (Wildman–Crippen LogP) is 5.26. The lowest BCUT2D eigenvalue weighted by Crippen LogP contribution is -2.12. The summed E-state index contributed by atoms with van der Waals surface area (Å²) in [5.41, 5.74) is 2.67. The highest BCUT2D eigenvalue weighted by atomic mass is 35.5. The second kappa shape index (κ2) is 7.72. The first-order valence-corrected chi connectivity index (χ1v) is 8.45. The molecule has 2 N–H and O–H groups in total. The summed E-state index contributed by atoms with van der Waals surface area (Å²) in [4.78, 5) is 15.1. The molecule has 0 atom stereocenters. The minimum absolute atomic E-state index is 0.227. The van der Waals surface area contributed by atoms with Gasteiger partial charge in [-0.15, -0.1) is 0 Å². The van der Waals surface area contributed by atoms with Crippen molar-refractivity contribution < 1.29 is 14.3 Å². The molecule has 0 aliphatic heterocycles. The van der Waals surface area contributed by atoms with Crippen molar-refractivity contribution in [3.63, 3.8) is 0 Å². The van der Waals surface area contributed by atoms with Crippen LogP contribution in [-0.2, 0) is 0 Å². The second-order valence-corrected chi connectivity index (χ2v) is 6.23. The van der Waals surface area contributed by atoms with Crippen LogP contribution in [0.3, 0.4) is 0 Å². The molecule has 2 aromatic carbocycles. The van der Waals surface area contributed by atoms with E-state index in [9.17, 15) is 4.79 Å². The van der Waals surface area contributed by atoms with Crippen molar-refractivity contribution in [3.05, 3.63) is 64.4 Å². The zero-order valence-corrected chi connectivity index (χ0v) is 15.6. The maximum Gasteiger partial charge on any atom is 0.272 e. The molecule has 1 heterocycles. The summed E-state index contributed by atoms with van der Waals surface area (Å²) in [5, 5.41) is 3.34. The van der Waals surface area contributed by atoms with E-state index in [1.807, 2.05) is 30.3 Å². The lowest BCUT2D eigenvalue weighted by molar-refractivity contribution is 0.102. The number of benzene rings is 2. The molecule has 5 nitrogen and oxygen atoms in total. The van der Waals surface area contributed by atoms with E-state index in [1.54, 1.807) is 26.4 Å². The van der Waals surface area contributed by atoms with E-state index in [-0.39, 0.29) is 16.8 Å². The van der Waals surface area contributed by atoms with Gasteiger partial charge in [-0.3, -0.25) is 4.79 Å². The molecule has 0 fully saturated rings. The van der Waals surface area contributed by atoms with Gasteiger partial charge in [0.15, 0.2) is 0 Å². The number of H-pyrrole nitrogens is 1. The van der Waals surface area contributed by atoms with Crippen molar-refractivity contribution in [1.29, 1.82) is 0 Å². The number of ether oxygens (including phenoxy) is 2. The number of anilines is 1. The van der Waals surface area contributed by atoms with Gasteiger partial charge in [0.1, 0.15) is 22.3 Å². The fourth-order valence-corrected chi connectivity index (χ4v) is 2.82. The van der Waals surface area contributed by atoms with E-state index in [0.717, 1.165) is 16.9 Å². The summed E-state index contributed by atoms with van der Waals surface area (Å²) in [6.07, 6.45) is 0. The topological polar surface area (TPSA) is 63.3 Å². The third-order valence-corrected chi connectivity index (χ3v) is 4.52. The van der Waals surface area contributed by atoms with E-state index < -0.39 is 0 Å². The van der Waals surface area contributed by atoms with Crippen LogP contribution < -0.4 is 14.8 Å². The number of aromatic nitrogens is 1. The molecule has 26 heavy (non-hydrogen) atoms. The number of rotatable bonds is 5. The average molecular weight is 391 g/mol. The van der Waals surface area contributed by atoms with E-state index in [4.69, 9.17) is 32.7 Å². The average Bonchev–Trinajstić information content (AvgIpc) is 3.00. The predicted molar refractivity (Wildman–Crippen MR) is 104 cm³/mol. The van der Waals surface area contributed by atoms with Crippen LogP contribution in [0.5, 0.6) is 11.5 Å². The zero-order chi connectivity index (χ0) is 18.7. The molecule has 3 rings (SSSR count). The molecule has 134 valence electrons. The van der Waals surface area contributed by atoms with Gasteiger partial charge in [-0.2, -0.15) is 0 Å². The molecule has 0 aliphatic rings. The summed E-state index contributed by atoms with van der Waals surface area (Å²) in [6, 6.07) is 14.4. The fourth-order valence-electron chi connectivity index (χ4n) is 2.51.